The van der Waals surface area contributed by atoms with Crippen LogP contribution in [0.4, 0.5) is 13.2 Å². The number of pyridine rings is 1. The Morgan fingerprint density at radius 1 is 0.863 bits per heavy atom. The molecule has 0 unspecified atom stereocenters. The Kier molecular flexibility index (Phi) is 13.9. The van der Waals surface area contributed by atoms with E-state index in [2.05, 4.69) is 17.5 Å². The average molecular weight is 714 g/mol. The van der Waals surface area contributed by atoms with Crippen LogP contribution in [0.5, 0.6) is 0 Å². The summed E-state index contributed by atoms with van der Waals surface area (Å²) in [6, 6.07) is 1.12. The first-order valence-electron chi connectivity index (χ1n) is 18.7. The summed E-state index contributed by atoms with van der Waals surface area (Å²) in [4.78, 5) is 53.4. The molecule has 3 atom stereocenters. The zero-order valence-electron chi connectivity index (χ0n) is 29.3. The van der Waals surface area contributed by atoms with Crippen molar-refractivity contribution in [1.29, 1.82) is 0 Å². The lowest BCUT2D eigenvalue weighted by Crippen LogP contribution is -2.57. The minimum atomic E-state index is -1.14. The van der Waals surface area contributed by atoms with E-state index in [0.29, 0.717) is 25.0 Å². The van der Waals surface area contributed by atoms with Crippen molar-refractivity contribution in [3.63, 3.8) is 0 Å². The second-order valence-electron chi connectivity index (χ2n) is 14.1. The molecule has 51 heavy (non-hydrogen) atoms. The number of hydrogen-bond donors (Lipinski definition) is 2. The number of carboxylic acid groups (broad SMARTS) is 1. The quantitative estimate of drug-likeness (QED) is 0.108. The molecule has 1 saturated heterocycles. The predicted molar refractivity (Wildman–Crippen MR) is 186 cm³/mol. The fourth-order valence-electron chi connectivity index (χ4n) is 7.63. The van der Waals surface area contributed by atoms with Crippen LogP contribution < -0.4 is 10.7 Å². The second-order valence-corrected chi connectivity index (χ2v) is 14.1. The number of carbonyl (C=O) groups excluding carboxylic acids is 2. The molecule has 3 aliphatic rings. The van der Waals surface area contributed by atoms with Crippen molar-refractivity contribution < 1.29 is 37.4 Å². The van der Waals surface area contributed by atoms with Gasteiger partial charge in [0.25, 0.3) is 11.8 Å². The fraction of sp³-hybridized carbons (Fsp3) is 0.590. The van der Waals surface area contributed by atoms with E-state index < -0.39 is 53.1 Å². The molecule has 1 aliphatic carbocycles. The highest BCUT2D eigenvalue weighted by molar-refractivity contribution is 5.98. The molecule has 2 fully saturated rings. The van der Waals surface area contributed by atoms with Crippen LogP contribution in [0.3, 0.4) is 0 Å². The van der Waals surface area contributed by atoms with Crippen LogP contribution in [0.2, 0.25) is 0 Å². The Hall–Kier alpha value is -3.93. The first-order chi connectivity index (χ1) is 24.6. The summed E-state index contributed by atoms with van der Waals surface area (Å²) in [6.07, 6.45) is 21.3. The lowest BCUT2D eigenvalue weighted by molar-refractivity contribution is -0.137. The minimum absolute atomic E-state index is 0.0538. The number of amides is 2. The molecule has 1 aromatic heterocycles. The molecule has 9 nitrogen and oxygen atoms in total. The summed E-state index contributed by atoms with van der Waals surface area (Å²) in [5, 5.41) is 11.1. The monoisotopic (exact) mass is 713 g/mol. The van der Waals surface area contributed by atoms with Crippen molar-refractivity contribution in [2.45, 2.75) is 147 Å². The maximum absolute atomic E-state index is 14.2. The van der Waals surface area contributed by atoms with E-state index >= 15 is 0 Å². The Morgan fingerprint density at radius 3 is 2.16 bits per heavy atom. The molecule has 2 aromatic rings. The molecule has 2 aliphatic heterocycles. The number of carboxylic acids is 1. The molecule has 12 heteroatoms. The third-order valence-corrected chi connectivity index (χ3v) is 10.3. The van der Waals surface area contributed by atoms with Crippen LogP contribution in [0.1, 0.15) is 141 Å². The molecule has 5 rings (SSSR count). The van der Waals surface area contributed by atoms with Gasteiger partial charge in [-0.25, -0.2) is 13.2 Å². The number of nitrogens with one attached hydrogen (secondary N) is 1. The second kappa shape index (κ2) is 18.5. The number of ether oxygens (including phenoxy) is 1. The predicted octanol–water partition coefficient (Wildman–Crippen LogP) is 7.57. The van der Waals surface area contributed by atoms with Crippen LogP contribution in [0.25, 0.3) is 0 Å². The number of benzene rings is 1. The van der Waals surface area contributed by atoms with Crippen molar-refractivity contribution >= 4 is 17.8 Å². The summed E-state index contributed by atoms with van der Waals surface area (Å²) >= 11 is 0. The van der Waals surface area contributed by atoms with Crippen LogP contribution in [0, 0.1) is 17.5 Å². The van der Waals surface area contributed by atoms with E-state index in [-0.39, 0.29) is 47.8 Å². The molecule has 0 radical (unpaired) electrons. The molecule has 3 heterocycles. The average Bonchev–Trinajstić information content (AvgIpc) is 3.46. The van der Waals surface area contributed by atoms with E-state index in [0.717, 1.165) is 96.3 Å². The molecule has 2 amide bonds. The minimum Gasteiger partial charge on any atom is -0.481 e. The summed E-state index contributed by atoms with van der Waals surface area (Å²) in [7, 11) is 0. The van der Waals surface area contributed by atoms with Gasteiger partial charge in [-0.2, -0.15) is 0 Å². The Labute approximate surface area is 297 Å². The summed E-state index contributed by atoms with van der Waals surface area (Å²) < 4.78 is 49.7. The number of rotatable bonds is 20. The standard InChI is InChI=1S/C39H50F3N3O6/c40-26-20-32(41)30(33(42)21-26)23-43-38(49)31-24-44-25-34-45(27-18-19-28(22-27)51-34)39(50)36(44)29(37(31)48)16-14-12-10-8-6-4-2-1-3-5-7-9-11-13-15-17-35(46)47/h1,3,20-21,24,27-28,34H,2,4-19,22-23,25H2,(H,43,49)(H,46,47)/b3-1-/t27-,28+,34+/m0/s1. The smallest absolute Gasteiger partial charge is 0.303 e. The van der Waals surface area contributed by atoms with E-state index in [1.54, 1.807) is 9.47 Å². The Bertz CT molecular complexity index is 1620. The number of nitrogens with zero attached hydrogens (tertiary/aromatic N) is 2. The van der Waals surface area contributed by atoms with Gasteiger partial charge >= 0.3 is 5.97 Å². The summed E-state index contributed by atoms with van der Waals surface area (Å²) in [6.45, 7) is -0.311. The first-order valence-corrected chi connectivity index (χ1v) is 18.7. The number of hydrogen-bond acceptors (Lipinski definition) is 5. The zero-order chi connectivity index (χ0) is 36.3. The Morgan fingerprint density at radius 2 is 1.49 bits per heavy atom. The molecule has 2 N–H and O–H groups in total. The lowest BCUT2D eigenvalue weighted by Gasteiger charge is -2.44. The van der Waals surface area contributed by atoms with E-state index in [9.17, 15) is 32.3 Å². The summed E-state index contributed by atoms with van der Waals surface area (Å²) in [5.41, 5.74) is -0.759. The van der Waals surface area contributed by atoms with Gasteiger partial charge < -0.3 is 24.6 Å². The fourth-order valence-corrected chi connectivity index (χ4v) is 7.63. The van der Waals surface area contributed by atoms with Crippen molar-refractivity contribution in [2.75, 3.05) is 0 Å². The van der Waals surface area contributed by atoms with Gasteiger partial charge in [0.1, 0.15) is 28.7 Å². The van der Waals surface area contributed by atoms with Crippen molar-refractivity contribution in [3.05, 3.63) is 80.5 Å². The first kappa shape index (κ1) is 38.3. The lowest BCUT2D eigenvalue weighted by atomic mass is 9.97. The van der Waals surface area contributed by atoms with Gasteiger partial charge in [-0.3, -0.25) is 19.2 Å². The van der Waals surface area contributed by atoms with E-state index in [1.165, 1.54) is 6.20 Å². The van der Waals surface area contributed by atoms with Crippen molar-refractivity contribution in [1.82, 2.24) is 14.8 Å². The highest BCUT2D eigenvalue weighted by Gasteiger charge is 2.47. The van der Waals surface area contributed by atoms with Gasteiger partial charge in [0.05, 0.1) is 12.6 Å². The van der Waals surface area contributed by atoms with Crippen LogP contribution in [-0.4, -0.2) is 50.7 Å². The van der Waals surface area contributed by atoms with Crippen LogP contribution in [0.15, 0.2) is 35.3 Å². The van der Waals surface area contributed by atoms with Crippen molar-refractivity contribution in [3.8, 4) is 0 Å². The molecule has 2 bridgehead atoms. The van der Waals surface area contributed by atoms with Gasteiger partial charge in [0.15, 0.2) is 11.7 Å². The highest BCUT2D eigenvalue weighted by Crippen LogP contribution is 2.38. The van der Waals surface area contributed by atoms with Crippen molar-refractivity contribution in [2.24, 2.45) is 0 Å². The molecule has 278 valence electrons. The van der Waals surface area contributed by atoms with E-state index in [4.69, 9.17) is 9.84 Å². The number of carbonyl (C=O) groups is 3. The molecule has 1 aromatic carbocycles. The molecule has 1 saturated carbocycles. The van der Waals surface area contributed by atoms with Gasteiger partial charge in [-0.15, -0.1) is 0 Å². The number of halogens is 3. The summed E-state index contributed by atoms with van der Waals surface area (Å²) in [5.74, 6) is -5.19. The van der Waals surface area contributed by atoms with Gasteiger partial charge in [-0.05, 0) is 64.2 Å². The maximum atomic E-state index is 14.2. The normalized spacial score (nSPS) is 19.4. The number of aromatic nitrogens is 1. The molecular formula is C39H50F3N3O6. The van der Waals surface area contributed by atoms with E-state index in [1.807, 2.05) is 0 Å². The van der Waals surface area contributed by atoms with Crippen LogP contribution >= 0.6 is 0 Å². The number of aliphatic carboxylic acids is 1. The topological polar surface area (TPSA) is 118 Å². The molecule has 0 spiro atoms. The number of fused-ring (bicyclic) bond motifs is 5. The van der Waals surface area contributed by atoms with Gasteiger partial charge in [-0.1, -0.05) is 57.1 Å². The van der Waals surface area contributed by atoms with Crippen LogP contribution in [-0.2, 0) is 29.0 Å². The third kappa shape index (κ3) is 10.1. The highest BCUT2D eigenvalue weighted by atomic mass is 19.1. The van der Waals surface area contributed by atoms with Gasteiger partial charge in [0, 0.05) is 48.5 Å². The van der Waals surface area contributed by atoms with Gasteiger partial charge in [0.2, 0.25) is 0 Å². The maximum Gasteiger partial charge on any atom is 0.303 e. The number of unbranched alkanes of at least 4 members (excludes halogenated alkanes) is 11. The number of allylic oxidation sites excluding steroid dienone is 2. The Balaban J connectivity index is 1.13. The SMILES string of the molecule is O=C(O)CCCCCCC/C=C\CCCCCCCCc1c2n(cc(C(=O)NCc3c(F)cc(F)cc3F)c1=O)C[C@H]1O[C@@H]3CC[C@@H](C3)N1C2=O. The molecular weight excluding hydrogens is 663 g/mol. The largest absolute Gasteiger partial charge is 0.481 e. The zero-order valence-corrected chi connectivity index (χ0v) is 29.3. The third-order valence-electron chi connectivity index (χ3n) is 10.3.